The molecule has 2 atom stereocenters. The summed E-state index contributed by atoms with van der Waals surface area (Å²) in [4.78, 5) is 0. The molecule has 1 aromatic rings. The Bertz CT molecular complexity index is 245. The smallest absolute Gasteiger partial charge is 0.0947 e. The highest BCUT2D eigenvalue weighted by atomic mass is 16.3. The average Bonchev–Trinajstić information content (AvgIpc) is 2.71. The van der Waals surface area contributed by atoms with Crippen LogP contribution in [0, 0.1) is 0 Å². The first-order chi connectivity index (χ1) is 6.34. The van der Waals surface area contributed by atoms with Gasteiger partial charge in [-0.25, -0.2) is 0 Å². The summed E-state index contributed by atoms with van der Waals surface area (Å²) in [6, 6.07) is 2.99. The van der Waals surface area contributed by atoms with Crippen LogP contribution in [0.1, 0.15) is 24.8 Å². The predicted molar refractivity (Wildman–Crippen MR) is 51.2 cm³/mol. The van der Waals surface area contributed by atoms with Gasteiger partial charge >= 0.3 is 0 Å². The number of nitrogens with one attached hydrogen (secondary N) is 1. The van der Waals surface area contributed by atoms with Gasteiger partial charge in [-0.1, -0.05) is 0 Å². The van der Waals surface area contributed by atoms with Crippen molar-refractivity contribution < 1.29 is 4.42 Å². The van der Waals surface area contributed by atoms with Crippen LogP contribution < -0.4 is 11.1 Å². The second-order valence-electron chi connectivity index (χ2n) is 3.78. The van der Waals surface area contributed by atoms with Crippen molar-refractivity contribution in [2.45, 2.75) is 37.9 Å². The SMILES string of the molecule is NC1CCC(NCc2ccoc2)C1. The minimum Gasteiger partial charge on any atom is -0.472 e. The van der Waals surface area contributed by atoms with Crippen molar-refractivity contribution >= 4 is 0 Å². The van der Waals surface area contributed by atoms with Crippen LogP contribution in [0.2, 0.25) is 0 Å². The van der Waals surface area contributed by atoms with E-state index in [4.69, 9.17) is 10.2 Å². The lowest BCUT2D eigenvalue weighted by molar-refractivity contribution is 0.510. The molecule has 1 saturated carbocycles. The van der Waals surface area contributed by atoms with Gasteiger partial charge in [-0.3, -0.25) is 0 Å². The van der Waals surface area contributed by atoms with Gasteiger partial charge in [-0.2, -0.15) is 0 Å². The van der Waals surface area contributed by atoms with Gasteiger partial charge in [0.1, 0.15) is 0 Å². The lowest BCUT2D eigenvalue weighted by Gasteiger charge is -2.10. The molecular weight excluding hydrogens is 164 g/mol. The van der Waals surface area contributed by atoms with Crippen LogP contribution in [0.25, 0.3) is 0 Å². The van der Waals surface area contributed by atoms with Gasteiger partial charge in [0.2, 0.25) is 0 Å². The van der Waals surface area contributed by atoms with Crippen molar-refractivity contribution in [1.82, 2.24) is 5.32 Å². The standard InChI is InChI=1S/C10H16N2O/c11-9-1-2-10(5-9)12-6-8-3-4-13-7-8/h3-4,7,9-10,12H,1-2,5-6,11H2. The molecule has 1 aliphatic carbocycles. The van der Waals surface area contributed by atoms with E-state index in [1.54, 1.807) is 12.5 Å². The molecule has 2 rings (SSSR count). The highest BCUT2D eigenvalue weighted by molar-refractivity contribution is 5.05. The normalized spacial score (nSPS) is 28.1. The number of furan rings is 1. The van der Waals surface area contributed by atoms with Crippen LogP contribution in [0.4, 0.5) is 0 Å². The highest BCUT2D eigenvalue weighted by Gasteiger charge is 2.20. The van der Waals surface area contributed by atoms with Gasteiger partial charge < -0.3 is 15.5 Å². The molecule has 1 fully saturated rings. The minimum absolute atomic E-state index is 0.404. The van der Waals surface area contributed by atoms with Gasteiger partial charge in [0, 0.05) is 24.2 Å². The molecular formula is C10H16N2O. The molecule has 72 valence electrons. The Morgan fingerprint density at radius 3 is 3.08 bits per heavy atom. The Balaban J connectivity index is 1.74. The molecule has 0 aromatic carbocycles. The molecule has 1 aliphatic rings. The Morgan fingerprint density at radius 1 is 1.54 bits per heavy atom. The van der Waals surface area contributed by atoms with Crippen LogP contribution in [0.5, 0.6) is 0 Å². The Morgan fingerprint density at radius 2 is 2.46 bits per heavy atom. The summed E-state index contributed by atoms with van der Waals surface area (Å²) in [6.45, 7) is 0.897. The van der Waals surface area contributed by atoms with Gasteiger partial charge in [0.25, 0.3) is 0 Å². The first-order valence-electron chi connectivity index (χ1n) is 4.84. The van der Waals surface area contributed by atoms with E-state index >= 15 is 0 Å². The second kappa shape index (κ2) is 3.94. The average molecular weight is 180 g/mol. The van der Waals surface area contributed by atoms with Crippen LogP contribution >= 0.6 is 0 Å². The molecule has 1 heterocycles. The molecule has 2 unspecified atom stereocenters. The first-order valence-corrected chi connectivity index (χ1v) is 4.84. The summed E-state index contributed by atoms with van der Waals surface area (Å²) in [5, 5.41) is 3.47. The summed E-state index contributed by atoms with van der Waals surface area (Å²) in [7, 11) is 0. The van der Waals surface area contributed by atoms with Crippen LogP contribution in [-0.4, -0.2) is 12.1 Å². The zero-order valence-corrected chi connectivity index (χ0v) is 7.70. The summed E-state index contributed by atoms with van der Waals surface area (Å²) >= 11 is 0. The van der Waals surface area contributed by atoms with Crippen LogP contribution in [-0.2, 0) is 6.54 Å². The zero-order valence-electron chi connectivity index (χ0n) is 7.70. The van der Waals surface area contributed by atoms with E-state index in [0.29, 0.717) is 12.1 Å². The van der Waals surface area contributed by atoms with Gasteiger partial charge in [-0.15, -0.1) is 0 Å². The van der Waals surface area contributed by atoms with Gasteiger partial charge in [-0.05, 0) is 25.3 Å². The maximum Gasteiger partial charge on any atom is 0.0947 e. The summed E-state index contributed by atoms with van der Waals surface area (Å²) in [6.07, 6.45) is 6.96. The zero-order chi connectivity index (χ0) is 9.10. The van der Waals surface area contributed by atoms with Gasteiger partial charge in [0.05, 0.1) is 12.5 Å². The van der Waals surface area contributed by atoms with Crippen molar-refractivity contribution in [3.63, 3.8) is 0 Å². The summed E-state index contributed by atoms with van der Waals surface area (Å²) < 4.78 is 4.99. The monoisotopic (exact) mass is 180 g/mol. The molecule has 3 heteroatoms. The molecule has 3 N–H and O–H groups in total. The Kier molecular flexibility index (Phi) is 2.66. The van der Waals surface area contributed by atoms with Crippen molar-refractivity contribution in [2.24, 2.45) is 5.73 Å². The van der Waals surface area contributed by atoms with Crippen LogP contribution in [0.15, 0.2) is 23.0 Å². The molecule has 1 aromatic heterocycles. The van der Waals surface area contributed by atoms with E-state index in [2.05, 4.69) is 5.32 Å². The molecule has 0 radical (unpaired) electrons. The predicted octanol–water partition coefficient (Wildman–Crippen LogP) is 1.25. The van der Waals surface area contributed by atoms with Crippen molar-refractivity contribution in [3.8, 4) is 0 Å². The Hall–Kier alpha value is -0.800. The molecule has 0 spiro atoms. The maximum atomic E-state index is 5.82. The number of nitrogens with two attached hydrogens (primary N) is 1. The summed E-state index contributed by atoms with van der Waals surface area (Å²) in [5.74, 6) is 0. The molecule has 0 bridgehead atoms. The van der Waals surface area contributed by atoms with E-state index < -0.39 is 0 Å². The first kappa shape index (κ1) is 8.78. The highest BCUT2D eigenvalue weighted by Crippen LogP contribution is 2.17. The topological polar surface area (TPSA) is 51.2 Å². The fourth-order valence-corrected chi connectivity index (χ4v) is 1.86. The van der Waals surface area contributed by atoms with Crippen LogP contribution in [0.3, 0.4) is 0 Å². The molecule has 0 aliphatic heterocycles. The number of hydrogen-bond donors (Lipinski definition) is 2. The third-order valence-electron chi connectivity index (χ3n) is 2.65. The molecule has 0 amide bonds. The molecule has 3 nitrogen and oxygen atoms in total. The number of rotatable bonds is 3. The second-order valence-corrected chi connectivity index (χ2v) is 3.78. The summed E-state index contributed by atoms with van der Waals surface area (Å²) in [5.41, 5.74) is 7.02. The Labute approximate surface area is 78.3 Å². The molecule has 13 heavy (non-hydrogen) atoms. The van der Waals surface area contributed by atoms with Crippen molar-refractivity contribution in [2.75, 3.05) is 0 Å². The third kappa shape index (κ3) is 2.32. The quantitative estimate of drug-likeness (QED) is 0.736. The number of hydrogen-bond acceptors (Lipinski definition) is 3. The van der Waals surface area contributed by atoms with Crippen molar-refractivity contribution in [1.29, 1.82) is 0 Å². The van der Waals surface area contributed by atoms with E-state index in [0.717, 1.165) is 19.4 Å². The minimum atomic E-state index is 0.404. The van der Waals surface area contributed by atoms with Crippen molar-refractivity contribution in [3.05, 3.63) is 24.2 Å². The lowest BCUT2D eigenvalue weighted by Crippen LogP contribution is -2.27. The van der Waals surface area contributed by atoms with E-state index in [1.807, 2.05) is 6.07 Å². The largest absolute Gasteiger partial charge is 0.472 e. The third-order valence-corrected chi connectivity index (χ3v) is 2.65. The van der Waals surface area contributed by atoms with E-state index in [9.17, 15) is 0 Å². The van der Waals surface area contributed by atoms with Gasteiger partial charge in [0.15, 0.2) is 0 Å². The molecule has 0 saturated heterocycles. The lowest BCUT2D eigenvalue weighted by atomic mass is 10.2. The fourth-order valence-electron chi connectivity index (χ4n) is 1.86. The fraction of sp³-hybridized carbons (Fsp3) is 0.600. The maximum absolute atomic E-state index is 5.82. The van der Waals surface area contributed by atoms with E-state index in [1.165, 1.54) is 12.0 Å². The van der Waals surface area contributed by atoms with E-state index in [-0.39, 0.29) is 0 Å².